The Morgan fingerprint density at radius 2 is 2.06 bits per heavy atom. The second kappa shape index (κ2) is 4.11. The number of aromatic nitrogens is 2. The summed E-state index contributed by atoms with van der Waals surface area (Å²) in [6, 6.07) is 11.4. The maximum atomic E-state index is 6.03. The van der Waals surface area contributed by atoms with Gasteiger partial charge in [0.05, 0.1) is 12.0 Å². The van der Waals surface area contributed by atoms with Gasteiger partial charge in [0.2, 0.25) is 0 Å². The highest BCUT2D eigenvalue weighted by Gasteiger charge is 2.11. The molecule has 0 radical (unpaired) electrons. The van der Waals surface area contributed by atoms with E-state index in [0.717, 1.165) is 22.6 Å². The van der Waals surface area contributed by atoms with Gasteiger partial charge in [0.15, 0.2) is 0 Å². The molecule has 0 unspecified atom stereocenters. The average molecular weight is 245 g/mol. The van der Waals surface area contributed by atoms with Crippen LogP contribution in [0.1, 0.15) is 0 Å². The Kier molecular flexibility index (Phi) is 2.46. The molecule has 84 valence electrons. The lowest BCUT2D eigenvalue weighted by atomic mass is 10.0. The topological polar surface area (TPSA) is 41.8 Å². The third-order valence-electron chi connectivity index (χ3n) is 2.56. The maximum Gasteiger partial charge on any atom is 0.134 e. The van der Waals surface area contributed by atoms with Gasteiger partial charge in [-0.2, -0.15) is 5.10 Å². The van der Waals surface area contributed by atoms with Crippen LogP contribution in [0.2, 0.25) is 5.02 Å². The first-order valence-electron chi connectivity index (χ1n) is 5.18. The number of H-pyrrole nitrogens is 1. The molecule has 3 nitrogen and oxygen atoms in total. The first-order valence-corrected chi connectivity index (χ1v) is 5.55. The Labute approximate surface area is 103 Å². The number of benzene rings is 1. The van der Waals surface area contributed by atoms with E-state index < -0.39 is 0 Å². The summed E-state index contributed by atoms with van der Waals surface area (Å²) in [7, 11) is 0. The molecule has 17 heavy (non-hydrogen) atoms. The first-order chi connectivity index (χ1) is 8.34. The highest BCUT2D eigenvalue weighted by Crippen LogP contribution is 2.33. The number of nitrogens with zero attached hydrogens (tertiary/aromatic N) is 1. The predicted octanol–water partition coefficient (Wildman–Crippen LogP) is 3.99. The normalized spacial score (nSPS) is 10.6. The Balaban J connectivity index is 2.22. The molecule has 3 aromatic rings. The van der Waals surface area contributed by atoms with E-state index in [0.29, 0.717) is 5.02 Å². The van der Waals surface area contributed by atoms with Crippen molar-refractivity contribution in [2.45, 2.75) is 0 Å². The van der Waals surface area contributed by atoms with Crippen LogP contribution in [0.4, 0.5) is 0 Å². The van der Waals surface area contributed by atoms with Gasteiger partial charge < -0.3 is 4.42 Å². The summed E-state index contributed by atoms with van der Waals surface area (Å²) in [5.74, 6) is 0.789. The van der Waals surface area contributed by atoms with Crippen molar-refractivity contribution in [1.29, 1.82) is 0 Å². The quantitative estimate of drug-likeness (QED) is 0.741. The minimum Gasteiger partial charge on any atom is -0.464 e. The van der Waals surface area contributed by atoms with Crippen molar-refractivity contribution in [2.75, 3.05) is 0 Å². The molecule has 0 aliphatic heterocycles. The van der Waals surface area contributed by atoms with Crippen molar-refractivity contribution in [3.8, 4) is 22.6 Å². The van der Waals surface area contributed by atoms with Crippen LogP contribution >= 0.6 is 11.6 Å². The van der Waals surface area contributed by atoms with Crippen molar-refractivity contribution >= 4 is 11.6 Å². The van der Waals surface area contributed by atoms with Crippen LogP contribution in [-0.2, 0) is 0 Å². The van der Waals surface area contributed by atoms with Crippen LogP contribution in [0.25, 0.3) is 22.6 Å². The summed E-state index contributed by atoms with van der Waals surface area (Å²) in [5.41, 5.74) is 2.90. The van der Waals surface area contributed by atoms with Gasteiger partial charge in [-0.1, -0.05) is 17.7 Å². The molecule has 0 atom stereocenters. The molecule has 0 aliphatic carbocycles. The summed E-state index contributed by atoms with van der Waals surface area (Å²) in [6.45, 7) is 0. The number of halogens is 1. The number of hydrogen-bond acceptors (Lipinski definition) is 2. The smallest absolute Gasteiger partial charge is 0.134 e. The van der Waals surface area contributed by atoms with Crippen LogP contribution in [0.5, 0.6) is 0 Å². The fraction of sp³-hybridized carbons (Fsp3) is 0. The van der Waals surface area contributed by atoms with Crippen LogP contribution in [0.3, 0.4) is 0 Å². The van der Waals surface area contributed by atoms with Crippen molar-refractivity contribution in [1.82, 2.24) is 10.2 Å². The fourth-order valence-electron chi connectivity index (χ4n) is 1.79. The van der Waals surface area contributed by atoms with E-state index in [1.54, 1.807) is 12.5 Å². The van der Waals surface area contributed by atoms with Gasteiger partial charge in [0.25, 0.3) is 0 Å². The van der Waals surface area contributed by atoms with E-state index in [9.17, 15) is 0 Å². The summed E-state index contributed by atoms with van der Waals surface area (Å²) < 4.78 is 5.42. The van der Waals surface area contributed by atoms with Crippen LogP contribution < -0.4 is 0 Å². The zero-order valence-electron chi connectivity index (χ0n) is 8.85. The largest absolute Gasteiger partial charge is 0.464 e. The van der Waals surface area contributed by atoms with Gasteiger partial charge in [-0.05, 0) is 30.3 Å². The highest BCUT2D eigenvalue weighted by atomic mass is 35.5. The number of hydrogen-bond donors (Lipinski definition) is 1. The third-order valence-corrected chi connectivity index (χ3v) is 2.79. The number of aromatic amines is 1. The van der Waals surface area contributed by atoms with E-state index in [1.165, 1.54) is 0 Å². The van der Waals surface area contributed by atoms with E-state index in [2.05, 4.69) is 10.2 Å². The lowest BCUT2D eigenvalue weighted by molar-refractivity contribution is 0.582. The highest BCUT2D eigenvalue weighted by molar-refractivity contribution is 6.31. The number of furan rings is 1. The Morgan fingerprint density at radius 3 is 2.76 bits per heavy atom. The predicted molar refractivity (Wildman–Crippen MR) is 66.7 cm³/mol. The lowest BCUT2D eigenvalue weighted by Gasteiger charge is -2.05. The maximum absolute atomic E-state index is 6.03. The minimum atomic E-state index is 0.680. The lowest BCUT2D eigenvalue weighted by Crippen LogP contribution is -1.84. The molecule has 0 saturated heterocycles. The van der Waals surface area contributed by atoms with Crippen molar-refractivity contribution in [2.24, 2.45) is 0 Å². The Bertz CT molecular complexity index is 615. The van der Waals surface area contributed by atoms with Gasteiger partial charge in [-0.25, -0.2) is 0 Å². The number of rotatable bonds is 2. The summed E-state index contributed by atoms with van der Waals surface area (Å²) >= 11 is 6.03. The second-order valence-electron chi connectivity index (χ2n) is 3.64. The molecular formula is C13H9ClN2O. The average Bonchev–Trinajstić information content (AvgIpc) is 3.02. The molecule has 1 aromatic carbocycles. The molecule has 1 N–H and O–H groups in total. The van der Waals surface area contributed by atoms with Crippen molar-refractivity contribution in [3.63, 3.8) is 0 Å². The van der Waals surface area contributed by atoms with Gasteiger partial charge in [0, 0.05) is 22.3 Å². The molecule has 2 aromatic heterocycles. The first kappa shape index (κ1) is 10.2. The summed E-state index contributed by atoms with van der Waals surface area (Å²) in [4.78, 5) is 0. The van der Waals surface area contributed by atoms with Crippen LogP contribution in [0.15, 0.2) is 53.3 Å². The van der Waals surface area contributed by atoms with Crippen LogP contribution in [0, 0.1) is 0 Å². The molecule has 0 bridgehead atoms. The van der Waals surface area contributed by atoms with Crippen molar-refractivity contribution < 1.29 is 4.42 Å². The SMILES string of the molecule is Clc1ccc(-c2ccn[nH]2)c(-c2ccco2)c1. The van der Waals surface area contributed by atoms with Gasteiger partial charge in [-0.3, -0.25) is 5.10 Å². The minimum absolute atomic E-state index is 0.680. The van der Waals surface area contributed by atoms with E-state index >= 15 is 0 Å². The van der Waals surface area contributed by atoms with Crippen molar-refractivity contribution in [3.05, 3.63) is 53.9 Å². The second-order valence-corrected chi connectivity index (χ2v) is 4.07. The Hall–Kier alpha value is -2.00. The molecule has 0 fully saturated rings. The standard InChI is InChI=1S/C13H9ClN2O/c14-9-3-4-10(12-5-6-15-16-12)11(8-9)13-2-1-7-17-13/h1-8H,(H,15,16). The van der Waals surface area contributed by atoms with E-state index in [4.69, 9.17) is 16.0 Å². The van der Waals surface area contributed by atoms with Gasteiger partial charge in [-0.15, -0.1) is 0 Å². The third kappa shape index (κ3) is 1.85. The molecule has 0 spiro atoms. The summed E-state index contributed by atoms with van der Waals surface area (Å²) in [6.07, 6.45) is 3.36. The molecule has 4 heteroatoms. The number of nitrogens with one attached hydrogen (secondary N) is 1. The summed E-state index contributed by atoms with van der Waals surface area (Å²) in [5, 5.41) is 7.58. The zero-order valence-corrected chi connectivity index (χ0v) is 9.61. The van der Waals surface area contributed by atoms with E-state index in [-0.39, 0.29) is 0 Å². The molecule has 0 saturated carbocycles. The molecule has 3 rings (SSSR count). The van der Waals surface area contributed by atoms with Gasteiger partial charge >= 0.3 is 0 Å². The molecule has 0 amide bonds. The molecule has 0 aliphatic rings. The van der Waals surface area contributed by atoms with Crippen LogP contribution in [-0.4, -0.2) is 10.2 Å². The zero-order chi connectivity index (χ0) is 11.7. The fourth-order valence-corrected chi connectivity index (χ4v) is 1.97. The van der Waals surface area contributed by atoms with Gasteiger partial charge in [0.1, 0.15) is 5.76 Å². The monoisotopic (exact) mass is 244 g/mol. The molecule has 2 heterocycles. The van der Waals surface area contributed by atoms with E-state index in [1.807, 2.05) is 36.4 Å². The Morgan fingerprint density at radius 1 is 1.12 bits per heavy atom. The molecular weight excluding hydrogens is 236 g/mol.